The van der Waals surface area contributed by atoms with E-state index in [-0.39, 0.29) is 11.3 Å². The van der Waals surface area contributed by atoms with Gasteiger partial charge in [-0.05, 0) is 19.1 Å². The number of aromatic hydroxyl groups is 1. The minimum Gasteiger partial charge on any atom is -0.508 e. The van der Waals surface area contributed by atoms with E-state index in [9.17, 15) is 9.18 Å². The Kier molecular flexibility index (Phi) is 4.90. The van der Waals surface area contributed by atoms with Crippen LogP contribution < -0.4 is 0 Å². The summed E-state index contributed by atoms with van der Waals surface area (Å²) in [6.45, 7) is 3.25. The van der Waals surface area contributed by atoms with Crippen LogP contribution in [0.5, 0.6) is 5.75 Å². The molecule has 0 heterocycles. The highest BCUT2D eigenvalue weighted by Gasteiger charge is 2.16. The van der Waals surface area contributed by atoms with Gasteiger partial charge in [0.2, 0.25) is 0 Å². The topological polar surface area (TPSA) is 49.8 Å². The molecule has 0 aliphatic rings. The van der Waals surface area contributed by atoms with E-state index in [0.717, 1.165) is 6.07 Å². The van der Waals surface area contributed by atoms with E-state index in [1.165, 1.54) is 17.0 Å². The van der Waals surface area contributed by atoms with Gasteiger partial charge in [-0.2, -0.15) is 0 Å². The molecule has 1 aromatic rings. The number of ether oxygens (including phenoxy) is 1. The van der Waals surface area contributed by atoms with Gasteiger partial charge in [0, 0.05) is 26.3 Å². The van der Waals surface area contributed by atoms with Crippen LogP contribution in [0.3, 0.4) is 0 Å². The molecule has 0 radical (unpaired) electrons. The lowest BCUT2D eigenvalue weighted by Crippen LogP contribution is -2.30. The fourth-order valence-corrected chi connectivity index (χ4v) is 1.33. The van der Waals surface area contributed by atoms with Gasteiger partial charge in [0.25, 0.3) is 5.91 Å². The molecule has 1 aromatic carbocycles. The number of halogens is 1. The Hall–Kier alpha value is -1.62. The first kappa shape index (κ1) is 13.4. The summed E-state index contributed by atoms with van der Waals surface area (Å²) in [6, 6.07) is 3.47. The minimum absolute atomic E-state index is 0.0539. The highest BCUT2D eigenvalue weighted by Crippen LogP contribution is 2.16. The van der Waals surface area contributed by atoms with E-state index in [4.69, 9.17) is 9.84 Å². The Morgan fingerprint density at radius 3 is 2.82 bits per heavy atom. The van der Waals surface area contributed by atoms with Crippen molar-refractivity contribution < 1.29 is 19.0 Å². The first-order valence-corrected chi connectivity index (χ1v) is 5.38. The standard InChI is InChI=1S/C12H16FNO3/c1-3-17-7-6-14(2)12(16)10-5-4-9(15)8-11(10)13/h4-5,8,15H,3,6-7H2,1-2H3. The van der Waals surface area contributed by atoms with Crippen molar-refractivity contribution in [3.05, 3.63) is 29.6 Å². The smallest absolute Gasteiger partial charge is 0.256 e. The number of nitrogens with zero attached hydrogens (tertiary/aromatic N) is 1. The lowest BCUT2D eigenvalue weighted by molar-refractivity contribution is 0.0705. The molecule has 0 spiro atoms. The van der Waals surface area contributed by atoms with Crippen LogP contribution in [-0.2, 0) is 4.74 Å². The highest BCUT2D eigenvalue weighted by atomic mass is 19.1. The monoisotopic (exact) mass is 241 g/mol. The van der Waals surface area contributed by atoms with Crippen molar-refractivity contribution in [3.63, 3.8) is 0 Å². The normalized spacial score (nSPS) is 10.3. The number of carbonyl (C=O) groups is 1. The maximum atomic E-state index is 13.4. The predicted molar refractivity (Wildman–Crippen MR) is 61.5 cm³/mol. The Balaban J connectivity index is 2.68. The van der Waals surface area contributed by atoms with Gasteiger partial charge in [0.05, 0.1) is 12.2 Å². The van der Waals surface area contributed by atoms with Gasteiger partial charge in [-0.1, -0.05) is 0 Å². The van der Waals surface area contributed by atoms with Crippen molar-refractivity contribution in [2.45, 2.75) is 6.92 Å². The lowest BCUT2D eigenvalue weighted by atomic mass is 10.2. The van der Waals surface area contributed by atoms with Crippen LogP contribution in [0.15, 0.2) is 18.2 Å². The summed E-state index contributed by atoms with van der Waals surface area (Å²) in [6.07, 6.45) is 0. The molecule has 0 fully saturated rings. The van der Waals surface area contributed by atoms with E-state index >= 15 is 0 Å². The Labute approximate surface area is 99.6 Å². The average molecular weight is 241 g/mol. The third kappa shape index (κ3) is 3.71. The summed E-state index contributed by atoms with van der Waals surface area (Å²) in [5, 5.41) is 9.05. The summed E-state index contributed by atoms with van der Waals surface area (Å²) < 4.78 is 18.5. The summed E-state index contributed by atoms with van der Waals surface area (Å²) in [4.78, 5) is 13.2. The molecule has 0 unspecified atom stereocenters. The van der Waals surface area contributed by atoms with Gasteiger partial charge in [-0.15, -0.1) is 0 Å². The molecule has 0 aliphatic carbocycles. The summed E-state index contributed by atoms with van der Waals surface area (Å²) in [5.74, 6) is -1.35. The van der Waals surface area contributed by atoms with Crippen LogP contribution in [0.4, 0.5) is 4.39 Å². The molecule has 17 heavy (non-hydrogen) atoms. The van der Waals surface area contributed by atoms with E-state index < -0.39 is 11.7 Å². The largest absolute Gasteiger partial charge is 0.508 e. The first-order valence-electron chi connectivity index (χ1n) is 5.38. The van der Waals surface area contributed by atoms with E-state index in [2.05, 4.69) is 0 Å². The molecule has 0 bridgehead atoms. The fraction of sp³-hybridized carbons (Fsp3) is 0.417. The van der Waals surface area contributed by atoms with Crippen LogP contribution >= 0.6 is 0 Å². The van der Waals surface area contributed by atoms with Crippen molar-refractivity contribution in [2.75, 3.05) is 26.8 Å². The molecule has 0 aliphatic heterocycles. The number of hydrogen-bond acceptors (Lipinski definition) is 3. The zero-order chi connectivity index (χ0) is 12.8. The summed E-state index contributed by atoms with van der Waals surface area (Å²) >= 11 is 0. The fourth-order valence-electron chi connectivity index (χ4n) is 1.33. The molecule has 1 rings (SSSR count). The molecule has 1 amide bonds. The second kappa shape index (κ2) is 6.20. The summed E-state index contributed by atoms with van der Waals surface area (Å²) in [7, 11) is 1.58. The number of hydrogen-bond donors (Lipinski definition) is 1. The number of phenolic OH excluding ortho intramolecular Hbond substituents is 1. The molecule has 0 atom stereocenters. The van der Waals surface area contributed by atoms with Crippen molar-refractivity contribution in [2.24, 2.45) is 0 Å². The second-order valence-corrected chi connectivity index (χ2v) is 3.59. The molecule has 5 heteroatoms. The van der Waals surface area contributed by atoms with Crippen molar-refractivity contribution in [1.82, 2.24) is 4.90 Å². The Morgan fingerprint density at radius 2 is 2.24 bits per heavy atom. The molecule has 4 nitrogen and oxygen atoms in total. The van der Waals surface area contributed by atoms with Crippen molar-refractivity contribution in [3.8, 4) is 5.75 Å². The second-order valence-electron chi connectivity index (χ2n) is 3.59. The molecule has 94 valence electrons. The maximum absolute atomic E-state index is 13.4. The van der Waals surface area contributed by atoms with Gasteiger partial charge >= 0.3 is 0 Å². The molecule has 1 N–H and O–H groups in total. The van der Waals surface area contributed by atoms with Crippen LogP contribution in [0, 0.1) is 5.82 Å². The van der Waals surface area contributed by atoms with Crippen LogP contribution in [0.25, 0.3) is 0 Å². The van der Waals surface area contributed by atoms with Crippen LogP contribution in [0.1, 0.15) is 17.3 Å². The number of benzene rings is 1. The molecule has 0 saturated carbocycles. The SMILES string of the molecule is CCOCCN(C)C(=O)c1ccc(O)cc1F. The number of phenols is 1. The number of carbonyl (C=O) groups excluding carboxylic acids is 1. The zero-order valence-corrected chi connectivity index (χ0v) is 9.94. The number of likely N-dealkylation sites (N-methyl/N-ethyl adjacent to an activating group) is 1. The summed E-state index contributed by atoms with van der Waals surface area (Å²) in [5.41, 5.74) is -0.0539. The quantitative estimate of drug-likeness (QED) is 0.797. The zero-order valence-electron chi connectivity index (χ0n) is 9.94. The van der Waals surface area contributed by atoms with Gasteiger partial charge < -0.3 is 14.7 Å². The van der Waals surface area contributed by atoms with Gasteiger partial charge in [0.15, 0.2) is 0 Å². The van der Waals surface area contributed by atoms with Crippen molar-refractivity contribution >= 4 is 5.91 Å². The highest BCUT2D eigenvalue weighted by molar-refractivity contribution is 5.94. The van der Waals surface area contributed by atoms with E-state index in [0.29, 0.717) is 19.8 Å². The molecular formula is C12H16FNO3. The minimum atomic E-state index is -0.724. The average Bonchev–Trinajstić information content (AvgIpc) is 2.28. The van der Waals surface area contributed by atoms with Gasteiger partial charge in [0.1, 0.15) is 11.6 Å². The number of rotatable bonds is 5. The third-order valence-corrected chi connectivity index (χ3v) is 2.30. The van der Waals surface area contributed by atoms with E-state index in [1.54, 1.807) is 7.05 Å². The molecule has 0 aromatic heterocycles. The molecule has 0 saturated heterocycles. The number of amides is 1. The van der Waals surface area contributed by atoms with Crippen LogP contribution in [0.2, 0.25) is 0 Å². The third-order valence-electron chi connectivity index (χ3n) is 2.30. The van der Waals surface area contributed by atoms with Crippen LogP contribution in [-0.4, -0.2) is 42.7 Å². The van der Waals surface area contributed by atoms with Gasteiger partial charge in [-0.25, -0.2) is 4.39 Å². The van der Waals surface area contributed by atoms with Gasteiger partial charge in [-0.3, -0.25) is 4.79 Å². The molecular weight excluding hydrogens is 225 g/mol. The lowest BCUT2D eigenvalue weighted by Gasteiger charge is -2.17. The van der Waals surface area contributed by atoms with E-state index in [1.807, 2.05) is 6.92 Å². The van der Waals surface area contributed by atoms with Crippen molar-refractivity contribution in [1.29, 1.82) is 0 Å². The predicted octanol–water partition coefficient (Wildman–Crippen LogP) is 1.64. The first-order chi connectivity index (χ1) is 8.06. The Morgan fingerprint density at radius 1 is 1.53 bits per heavy atom. The maximum Gasteiger partial charge on any atom is 0.256 e. The Bertz CT molecular complexity index is 395.